The molecule has 0 aliphatic rings. The van der Waals surface area contributed by atoms with Crippen molar-refractivity contribution in [1.29, 1.82) is 0 Å². The summed E-state index contributed by atoms with van der Waals surface area (Å²) in [5, 5.41) is 3.61. The largest absolute Gasteiger partial charge is 0.493 e. The van der Waals surface area contributed by atoms with Crippen molar-refractivity contribution in [2.45, 2.75) is 26.4 Å². The Hall–Kier alpha value is -1.07. The molecule has 0 saturated heterocycles. The molecule has 0 aliphatic carbocycles. The van der Waals surface area contributed by atoms with Gasteiger partial charge < -0.3 is 14.8 Å². The summed E-state index contributed by atoms with van der Waals surface area (Å²) in [4.78, 5) is 11.6. The Morgan fingerprint density at radius 1 is 1.26 bits per heavy atom. The number of alkyl halides is 1. The molecule has 1 aromatic rings. The first-order valence-corrected chi connectivity index (χ1v) is 7.44. The monoisotopic (exact) mass is 329 g/mol. The zero-order valence-electron chi connectivity index (χ0n) is 11.3. The molecule has 106 valence electrons. The third-order valence-corrected chi connectivity index (χ3v) is 2.59. The number of ether oxygens (including phenoxy) is 2. The minimum Gasteiger partial charge on any atom is -0.493 e. The van der Waals surface area contributed by atoms with Crippen molar-refractivity contribution in [3.63, 3.8) is 0 Å². The van der Waals surface area contributed by atoms with Gasteiger partial charge in [0, 0.05) is 11.0 Å². The zero-order chi connectivity index (χ0) is 14.1. The van der Waals surface area contributed by atoms with E-state index < -0.39 is 0 Å². The summed E-state index contributed by atoms with van der Waals surface area (Å²) in [7, 11) is 0. The van der Waals surface area contributed by atoms with Gasteiger partial charge in [0.1, 0.15) is 5.75 Å². The van der Waals surface area contributed by atoms with Crippen molar-refractivity contribution in [2.75, 3.05) is 23.9 Å². The molecule has 0 aliphatic heterocycles. The summed E-state index contributed by atoms with van der Waals surface area (Å²) in [6.45, 7) is 4.96. The van der Waals surface area contributed by atoms with E-state index in [0.717, 1.165) is 16.8 Å². The Balaban J connectivity index is 2.33. The number of carbonyl (C=O) groups is 1. The molecule has 1 N–H and O–H groups in total. The Labute approximate surface area is 122 Å². The number of amides is 1. The normalized spacial score (nSPS) is 10.5. The van der Waals surface area contributed by atoms with E-state index in [-0.39, 0.29) is 12.0 Å². The average molecular weight is 330 g/mol. The second-order valence-corrected chi connectivity index (χ2v) is 5.07. The lowest BCUT2D eigenvalue weighted by molar-refractivity contribution is -0.117. The second-order valence-electron chi connectivity index (χ2n) is 4.28. The number of halogens is 1. The number of hydrogen-bond donors (Lipinski definition) is 1. The predicted octanol–water partition coefficient (Wildman–Crippen LogP) is 3.21. The number of carbonyl (C=O) groups excluding carboxylic acids is 1. The first-order valence-electron chi connectivity index (χ1n) is 6.32. The van der Waals surface area contributed by atoms with Crippen LogP contribution in [0.4, 0.5) is 5.69 Å². The molecule has 1 aromatic carbocycles. The van der Waals surface area contributed by atoms with Crippen molar-refractivity contribution in [2.24, 2.45) is 0 Å². The van der Waals surface area contributed by atoms with Crippen LogP contribution in [0.2, 0.25) is 0 Å². The molecule has 4 nitrogen and oxygen atoms in total. The highest BCUT2D eigenvalue weighted by atomic mass is 79.9. The number of anilines is 1. The maximum Gasteiger partial charge on any atom is 0.226 e. The van der Waals surface area contributed by atoms with E-state index in [1.54, 1.807) is 0 Å². The smallest absolute Gasteiger partial charge is 0.226 e. The van der Waals surface area contributed by atoms with Crippen LogP contribution in [0.15, 0.2) is 24.3 Å². The predicted molar refractivity (Wildman–Crippen MR) is 80.1 cm³/mol. The van der Waals surface area contributed by atoms with Crippen LogP contribution in [0.5, 0.6) is 5.75 Å². The molecule has 5 heteroatoms. The third-order valence-electron chi connectivity index (χ3n) is 2.26. The number of benzene rings is 1. The lowest BCUT2D eigenvalue weighted by Gasteiger charge is -2.09. The van der Waals surface area contributed by atoms with Gasteiger partial charge in [0.15, 0.2) is 0 Å². The standard InChI is InChI=1S/C14H20BrNO3/c1-11(2)18-9-7-14(17)16-12-3-5-13(6-4-12)19-10-8-15/h3-6,11H,7-10H2,1-2H3,(H,16,17). The van der Waals surface area contributed by atoms with Crippen LogP contribution in [-0.2, 0) is 9.53 Å². The summed E-state index contributed by atoms with van der Waals surface area (Å²) < 4.78 is 10.8. The molecule has 0 heterocycles. The maximum absolute atomic E-state index is 11.6. The van der Waals surface area contributed by atoms with Crippen molar-refractivity contribution >= 4 is 27.5 Å². The Bertz CT molecular complexity index is 379. The lowest BCUT2D eigenvalue weighted by atomic mass is 10.3. The summed E-state index contributed by atoms with van der Waals surface area (Å²) in [6.07, 6.45) is 0.513. The van der Waals surface area contributed by atoms with Crippen LogP contribution in [-0.4, -0.2) is 30.6 Å². The van der Waals surface area contributed by atoms with Crippen molar-refractivity contribution in [3.8, 4) is 5.75 Å². The van der Waals surface area contributed by atoms with Gasteiger partial charge in [-0.05, 0) is 38.1 Å². The first-order chi connectivity index (χ1) is 9.11. The van der Waals surface area contributed by atoms with Gasteiger partial charge in [-0.1, -0.05) is 15.9 Å². The molecular weight excluding hydrogens is 310 g/mol. The summed E-state index contributed by atoms with van der Waals surface area (Å²) >= 11 is 3.29. The van der Waals surface area contributed by atoms with Crippen molar-refractivity contribution < 1.29 is 14.3 Å². The molecule has 0 fully saturated rings. The highest BCUT2D eigenvalue weighted by Gasteiger charge is 2.03. The van der Waals surface area contributed by atoms with Crippen LogP contribution < -0.4 is 10.1 Å². The first kappa shape index (κ1) is 16.0. The fraction of sp³-hybridized carbons (Fsp3) is 0.500. The molecule has 1 amide bonds. The molecule has 0 radical (unpaired) electrons. The molecule has 0 aromatic heterocycles. The van der Waals surface area contributed by atoms with Crippen LogP contribution in [0.25, 0.3) is 0 Å². The fourth-order valence-corrected chi connectivity index (χ4v) is 1.56. The SMILES string of the molecule is CC(C)OCCC(=O)Nc1ccc(OCCBr)cc1. The molecular formula is C14H20BrNO3. The number of rotatable bonds is 8. The van der Waals surface area contributed by atoms with E-state index in [2.05, 4.69) is 21.2 Å². The van der Waals surface area contributed by atoms with E-state index in [9.17, 15) is 4.79 Å². The molecule has 0 bridgehead atoms. The minimum atomic E-state index is -0.0465. The van der Waals surface area contributed by atoms with Crippen LogP contribution in [0.1, 0.15) is 20.3 Å². The lowest BCUT2D eigenvalue weighted by Crippen LogP contribution is -2.15. The molecule has 0 atom stereocenters. The summed E-state index contributed by atoms with van der Waals surface area (Å²) in [6, 6.07) is 7.32. The zero-order valence-corrected chi connectivity index (χ0v) is 12.9. The van der Waals surface area contributed by atoms with Gasteiger partial charge in [-0.25, -0.2) is 0 Å². The second kappa shape index (κ2) is 8.93. The van der Waals surface area contributed by atoms with Gasteiger partial charge >= 0.3 is 0 Å². The number of nitrogens with one attached hydrogen (secondary N) is 1. The van der Waals surface area contributed by atoms with Crippen LogP contribution >= 0.6 is 15.9 Å². The Kier molecular flexibility index (Phi) is 7.52. The number of hydrogen-bond acceptors (Lipinski definition) is 3. The molecule has 19 heavy (non-hydrogen) atoms. The molecule has 0 saturated carbocycles. The molecule has 0 spiro atoms. The topological polar surface area (TPSA) is 47.6 Å². The highest BCUT2D eigenvalue weighted by Crippen LogP contribution is 2.15. The van der Waals surface area contributed by atoms with Gasteiger partial charge in [-0.2, -0.15) is 0 Å². The highest BCUT2D eigenvalue weighted by molar-refractivity contribution is 9.09. The van der Waals surface area contributed by atoms with Crippen molar-refractivity contribution in [1.82, 2.24) is 0 Å². The van der Waals surface area contributed by atoms with Gasteiger partial charge in [-0.15, -0.1) is 0 Å². The maximum atomic E-state index is 11.6. The van der Waals surface area contributed by atoms with E-state index in [1.807, 2.05) is 38.1 Å². The average Bonchev–Trinajstić information content (AvgIpc) is 2.37. The summed E-state index contributed by atoms with van der Waals surface area (Å²) in [5.74, 6) is 0.746. The van der Waals surface area contributed by atoms with Gasteiger partial charge in [-0.3, -0.25) is 4.79 Å². The van der Waals surface area contributed by atoms with E-state index in [0.29, 0.717) is 19.6 Å². The fourth-order valence-electron chi connectivity index (χ4n) is 1.40. The van der Waals surface area contributed by atoms with Gasteiger partial charge in [0.25, 0.3) is 0 Å². The minimum absolute atomic E-state index is 0.0465. The van der Waals surface area contributed by atoms with E-state index in [1.165, 1.54) is 0 Å². The van der Waals surface area contributed by atoms with Crippen LogP contribution in [0.3, 0.4) is 0 Å². The molecule has 0 unspecified atom stereocenters. The van der Waals surface area contributed by atoms with E-state index in [4.69, 9.17) is 9.47 Å². The van der Waals surface area contributed by atoms with Gasteiger partial charge in [0.2, 0.25) is 5.91 Å². The Morgan fingerprint density at radius 2 is 1.95 bits per heavy atom. The summed E-state index contributed by atoms with van der Waals surface area (Å²) in [5.41, 5.74) is 0.765. The van der Waals surface area contributed by atoms with Crippen molar-refractivity contribution in [3.05, 3.63) is 24.3 Å². The van der Waals surface area contributed by atoms with Crippen LogP contribution in [0, 0.1) is 0 Å². The third kappa shape index (κ3) is 7.18. The van der Waals surface area contributed by atoms with Gasteiger partial charge in [0.05, 0.1) is 25.7 Å². The Morgan fingerprint density at radius 3 is 2.53 bits per heavy atom. The van der Waals surface area contributed by atoms with E-state index >= 15 is 0 Å². The quantitative estimate of drug-likeness (QED) is 0.745. The molecule has 1 rings (SSSR count).